The Morgan fingerprint density at radius 1 is 1.60 bits per heavy atom. The Balaban J connectivity index is 2.63. The first kappa shape index (κ1) is 12.1. The van der Waals surface area contributed by atoms with Crippen molar-refractivity contribution >= 4 is 11.6 Å². The third kappa shape index (κ3) is 2.76. The molecule has 0 saturated carbocycles. The first-order valence-corrected chi connectivity index (χ1v) is 5.44. The molecule has 1 unspecified atom stereocenters. The predicted molar refractivity (Wildman–Crippen MR) is 58.3 cm³/mol. The summed E-state index contributed by atoms with van der Waals surface area (Å²) in [4.78, 5) is 11.8. The molecule has 0 aromatic carbocycles. The molecule has 0 spiro atoms. The molecule has 0 aliphatic carbocycles. The van der Waals surface area contributed by atoms with Crippen molar-refractivity contribution in [3.63, 3.8) is 0 Å². The van der Waals surface area contributed by atoms with Gasteiger partial charge in [0.2, 0.25) is 0 Å². The van der Waals surface area contributed by atoms with E-state index in [1.807, 2.05) is 6.92 Å². The number of nitrogens with zero attached hydrogens (tertiary/aromatic N) is 2. The van der Waals surface area contributed by atoms with Crippen LogP contribution in [0.5, 0.6) is 0 Å². The van der Waals surface area contributed by atoms with Crippen LogP contribution < -0.4 is 5.73 Å². The summed E-state index contributed by atoms with van der Waals surface area (Å²) in [5, 5.41) is 14.4. The quantitative estimate of drug-likeness (QED) is 0.649. The smallest absolute Gasteiger partial charge is 0.251 e. The Kier molecular flexibility index (Phi) is 4.71. The van der Waals surface area contributed by atoms with Gasteiger partial charge in [-0.15, -0.1) is 0 Å². The number of amides is 1. The Morgan fingerprint density at radius 2 is 2.33 bits per heavy atom. The van der Waals surface area contributed by atoms with E-state index in [0.717, 1.165) is 25.0 Å². The fourth-order valence-electron chi connectivity index (χ4n) is 1.78. The Bertz CT molecular complexity index is 253. The number of carbonyl (C=O) groups is 1. The molecule has 1 heterocycles. The van der Waals surface area contributed by atoms with Gasteiger partial charge in [0.15, 0.2) is 0 Å². The van der Waals surface area contributed by atoms with Gasteiger partial charge in [0.1, 0.15) is 0 Å². The summed E-state index contributed by atoms with van der Waals surface area (Å²) >= 11 is 0. The highest BCUT2D eigenvalue weighted by atomic mass is 16.3. The number of rotatable bonds is 6. The van der Waals surface area contributed by atoms with Crippen molar-refractivity contribution in [3.05, 3.63) is 0 Å². The second kappa shape index (κ2) is 5.82. The lowest BCUT2D eigenvalue weighted by atomic mass is 9.96. The van der Waals surface area contributed by atoms with Crippen molar-refractivity contribution in [1.82, 2.24) is 5.01 Å². The van der Waals surface area contributed by atoms with E-state index in [0.29, 0.717) is 13.1 Å². The number of carbonyl (C=O) groups excluding carboxylic acids is 1. The van der Waals surface area contributed by atoms with E-state index in [-0.39, 0.29) is 18.4 Å². The molecule has 15 heavy (non-hydrogen) atoms. The van der Waals surface area contributed by atoms with Crippen LogP contribution in [0.3, 0.4) is 0 Å². The topological polar surface area (TPSA) is 78.9 Å². The van der Waals surface area contributed by atoms with Crippen LogP contribution in [0, 0.1) is 5.92 Å². The summed E-state index contributed by atoms with van der Waals surface area (Å²) in [6, 6.07) is 0. The van der Waals surface area contributed by atoms with Gasteiger partial charge in [0, 0.05) is 0 Å². The summed E-state index contributed by atoms with van der Waals surface area (Å²) in [5.74, 6) is -0.0977. The van der Waals surface area contributed by atoms with Crippen molar-refractivity contribution in [2.24, 2.45) is 16.8 Å². The monoisotopic (exact) mass is 213 g/mol. The zero-order valence-electron chi connectivity index (χ0n) is 9.15. The summed E-state index contributed by atoms with van der Waals surface area (Å²) in [7, 11) is 0. The summed E-state index contributed by atoms with van der Waals surface area (Å²) < 4.78 is 0. The minimum absolute atomic E-state index is 0.00866. The molecule has 1 aliphatic heterocycles. The second-order valence-corrected chi connectivity index (χ2v) is 3.61. The average Bonchev–Trinajstić information content (AvgIpc) is 2.54. The first-order chi connectivity index (χ1) is 7.24. The van der Waals surface area contributed by atoms with Crippen molar-refractivity contribution < 1.29 is 9.90 Å². The highest BCUT2D eigenvalue weighted by molar-refractivity contribution is 6.07. The van der Waals surface area contributed by atoms with Gasteiger partial charge in [-0.05, 0) is 25.8 Å². The second-order valence-electron chi connectivity index (χ2n) is 3.61. The van der Waals surface area contributed by atoms with Crippen LogP contribution in [0.2, 0.25) is 0 Å². The minimum Gasteiger partial charge on any atom is -0.394 e. The van der Waals surface area contributed by atoms with Gasteiger partial charge in [-0.3, -0.25) is 4.79 Å². The maximum Gasteiger partial charge on any atom is 0.251 e. The van der Waals surface area contributed by atoms with Crippen LogP contribution in [0.1, 0.15) is 26.2 Å². The van der Waals surface area contributed by atoms with E-state index in [2.05, 4.69) is 5.10 Å². The largest absolute Gasteiger partial charge is 0.394 e. The van der Waals surface area contributed by atoms with Gasteiger partial charge in [-0.2, -0.15) is 5.10 Å². The van der Waals surface area contributed by atoms with Crippen LogP contribution in [0.4, 0.5) is 0 Å². The van der Waals surface area contributed by atoms with E-state index < -0.39 is 0 Å². The molecule has 86 valence electrons. The first-order valence-electron chi connectivity index (χ1n) is 5.44. The third-order valence-electron chi connectivity index (χ3n) is 2.57. The third-order valence-corrected chi connectivity index (χ3v) is 2.57. The maximum atomic E-state index is 11.8. The number of β-amino-alcohol motifs (C(OH)–C–C–N with tert-alkyl or cyclic N) is 1. The van der Waals surface area contributed by atoms with Gasteiger partial charge >= 0.3 is 0 Å². The number of nitrogens with two attached hydrogens (primary N) is 1. The normalized spacial score (nSPS) is 21.0. The van der Waals surface area contributed by atoms with Crippen LogP contribution >= 0.6 is 0 Å². The van der Waals surface area contributed by atoms with Gasteiger partial charge in [-0.25, -0.2) is 5.01 Å². The molecular formula is C10H19N3O2. The lowest BCUT2D eigenvalue weighted by Gasteiger charge is -2.12. The average molecular weight is 213 g/mol. The fourth-order valence-corrected chi connectivity index (χ4v) is 1.78. The van der Waals surface area contributed by atoms with Crippen molar-refractivity contribution in [1.29, 1.82) is 0 Å². The lowest BCUT2D eigenvalue weighted by Crippen LogP contribution is -2.30. The zero-order valence-corrected chi connectivity index (χ0v) is 9.15. The standard InChI is InChI=1S/C10H19N3O2/c1-2-9-8(4-3-5-11)10(15)13(12-9)6-7-14/h8,14H,2-7,11H2,1H3. The number of hydrogen-bond donors (Lipinski definition) is 2. The van der Waals surface area contributed by atoms with E-state index in [1.165, 1.54) is 5.01 Å². The molecule has 5 heteroatoms. The molecule has 0 fully saturated rings. The van der Waals surface area contributed by atoms with Crippen molar-refractivity contribution in [2.75, 3.05) is 19.7 Å². The molecule has 1 amide bonds. The molecule has 0 aromatic heterocycles. The number of aliphatic hydroxyl groups is 1. The molecule has 0 saturated heterocycles. The van der Waals surface area contributed by atoms with Gasteiger partial charge < -0.3 is 10.8 Å². The highest BCUT2D eigenvalue weighted by Gasteiger charge is 2.33. The van der Waals surface area contributed by atoms with Crippen molar-refractivity contribution in [2.45, 2.75) is 26.2 Å². The molecule has 1 aliphatic rings. The Morgan fingerprint density at radius 3 is 2.87 bits per heavy atom. The Hall–Kier alpha value is -0.940. The van der Waals surface area contributed by atoms with E-state index in [4.69, 9.17) is 10.8 Å². The Labute approximate surface area is 89.9 Å². The minimum atomic E-state index is -0.106. The highest BCUT2D eigenvalue weighted by Crippen LogP contribution is 2.21. The maximum absolute atomic E-state index is 11.8. The summed E-state index contributed by atoms with van der Waals surface area (Å²) in [6.07, 6.45) is 2.38. The number of hydrogen-bond acceptors (Lipinski definition) is 4. The SMILES string of the molecule is CCC1=NN(CCO)C(=O)C1CCCN. The number of aliphatic hydroxyl groups excluding tert-OH is 1. The predicted octanol–water partition coefficient (Wildman–Crippen LogP) is -0.0580. The molecule has 1 atom stereocenters. The van der Waals surface area contributed by atoms with E-state index in [1.54, 1.807) is 0 Å². The summed E-state index contributed by atoms with van der Waals surface area (Å²) in [5.41, 5.74) is 6.35. The molecule has 3 N–H and O–H groups in total. The van der Waals surface area contributed by atoms with Crippen LogP contribution in [-0.2, 0) is 4.79 Å². The fraction of sp³-hybridized carbons (Fsp3) is 0.800. The molecule has 0 bridgehead atoms. The van der Waals surface area contributed by atoms with E-state index >= 15 is 0 Å². The molecule has 0 aromatic rings. The van der Waals surface area contributed by atoms with Crippen molar-refractivity contribution in [3.8, 4) is 0 Å². The molecule has 5 nitrogen and oxygen atoms in total. The summed E-state index contributed by atoms with van der Waals surface area (Å²) in [6.45, 7) is 2.84. The van der Waals surface area contributed by atoms with Crippen LogP contribution in [0.15, 0.2) is 5.10 Å². The lowest BCUT2D eigenvalue weighted by molar-refractivity contribution is -0.132. The van der Waals surface area contributed by atoms with Crippen LogP contribution in [0.25, 0.3) is 0 Å². The van der Waals surface area contributed by atoms with Gasteiger partial charge in [0.25, 0.3) is 5.91 Å². The zero-order chi connectivity index (χ0) is 11.3. The van der Waals surface area contributed by atoms with E-state index in [9.17, 15) is 4.79 Å². The number of hydrazone groups is 1. The van der Waals surface area contributed by atoms with Crippen LogP contribution in [-0.4, -0.2) is 41.4 Å². The van der Waals surface area contributed by atoms with Gasteiger partial charge in [-0.1, -0.05) is 6.92 Å². The molecule has 1 rings (SSSR count). The van der Waals surface area contributed by atoms with Gasteiger partial charge in [0.05, 0.1) is 24.8 Å². The molecular weight excluding hydrogens is 194 g/mol. The molecule has 0 radical (unpaired) electrons.